The van der Waals surface area contributed by atoms with Crippen LogP contribution in [0.2, 0.25) is 0 Å². The summed E-state index contributed by atoms with van der Waals surface area (Å²) in [5, 5.41) is 23.4. The number of carbonyl (C=O) groups is 2. The van der Waals surface area contributed by atoms with E-state index in [1.807, 2.05) is 279 Å². The van der Waals surface area contributed by atoms with E-state index in [0.29, 0.717) is 75.6 Å². The fourth-order valence-electron chi connectivity index (χ4n) is 14.2. The first-order valence-electron chi connectivity index (χ1n) is 38.9. The highest BCUT2D eigenvalue weighted by Crippen LogP contribution is 2.37. The highest BCUT2D eigenvalue weighted by molar-refractivity contribution is 5.77. The molecular formula is C94H102N2O18. The molecule has 0 amide bonds. The number of carbonyl (C=O) groups excluding carboxylic acids is 2. The summed E-state index contributed by atoms with van der Waals surface area (Å²) >= 11 is 0. The van der Waals surface area contributed by atoms with Gasteiger partial charge in [-0.05, 0) is 120 Å². The van der Waals surface area contributed by atoms with Crippen LogP contribution in [0.1, 0.15) is 83.3 Å². The van der Waals surface area contributed by atoms with Crippen LogP contribution in [0.15, 0.2) is 279 Å². The lowest BCUT2D eigenvalue weighted by Crippen LogP contribution is -2.52. The molecule has 596 valence electrons. The number of nitrogens with zero attached hydrogens (tertiary/aromatic N) is 2. The molecule has 20 nitrogen and oxygen atoms in total. The standard InChI is InChI=1S/C49H55NO9.C45H47NO9/c1-48(2)55-33-43(58-48)45(51)46(44-34-56-49(3,4)59-44)57-47(52)40(50(29-35-17-9-5-10-18-35)30-36-19-11-6-12-20-36)27-39-25-26-41(53-31-37-21-13-7-14-22-37)42(28-39)54-32-38-23-15-8-16-24-38;47-43(41-29-49-31-53-41)44(42-30-50-32-54-42)55-45(48)38(46(25-33-13-5-1-6-14-33)26-34-15-7-2-8-16-34)23-37-21-22-39(51-27-35-17-9-3-10-18-35)40(24-37)52-28-36-19-11-4-12-20-36/h5-26,28,40,43-46,51H,27,29-34H2,1-4H3;1-22,24,38,41-44,47H,23,25-32H2/t40?,43-,44-,45-,46-;38?,41-,42-,43-,44-/m11/s1. The molecule has 114 heavy (non-hydrogen) atoms. The van der Waals surface area contributed by atoms with Crippen molar-refractivity contribution in [2.75, 3.05) is 40.0 Å². The molecule has 2 N–H and O–H groups in total. The molecule has 4 fully saturated rings. The summed E-state index contributed by atoms with van der Waals surface area (Å²) in [6, 6.07) is 90.0. The molecule has 4 aliphatic rings. The van der Waals surface area contributed by atoms with Gasteiger partial charge in [0.15, 0.2) is 46.8 Å². The Morgan fingerprint density at radius 1 is 0.351 bits per heavy atom. The van der Waals surface area contributed by atoms with E-state index in [1.165, 1.54) is 0 Å². The molecule has 20 heteroatoms. The molecular weight excluding hydrogens is 1450 g/mol. The number of benzene rings is 10. The minimum absolute atomic E-state index is 0.0372. The molecule has 0 aliphatic carbocycles. The van der Waals surface area contributed by atoms with Crippen molar-refractivity contribution in [2.24, 2.45) is 0 Å². The maximum absolute atomic E-state index is 15.1. The van der Waals surface area contributed by atoms with Gasteiger partial charge in [-0.1, -0.05) is 255 Å². The summed E-state index contributed by atoms with van der Waals surface area (Å²) in [7, 11) is 0. The van der Waals surface area contributed by atoms with E-state index in [4.69, 9.17) is 66.3 Å². The molecule has 0 spiro atoms. The Bertz CT molecular complexity index is 4440. The molecule has 0 aromatic heterocycles. The second-order valence-electron chi connectivity index (χ2n) is 29.8. The van der Waals surface area contributed by atoms with E-state index in [2.05, 4.69) is 9.80 Å². The van der Waals surface area contributed by atoms with E-state index in [-0.39, 0.29) is 52.9 Å². The van der Waals surface area contributed by atoms with E-state index in [1.54, 1.807) is 27.7 Å². The largest absolute Gasteiger partial charge is 0.485 e. The van der Waals surface area contributed by atoms with Crippen LogP contribution in [-0.2, 0) is 122 Å². The van der Waals surface area contributed by atoms with Gasteiger partial charge in [0, 0.05) is 26.2 Å². The van der Waals surface area contributed by atoms with Crippen LogP contribution in [0.3, 0.4) is 0 Å². The topological polar surface area (TPSA) is 210 Å². The molecule has 0 radical (unpaired) electrons. The van der Waals surface area contributed by atoms with Crippen LogP contribution in [0.25, 0.3) is 0 Å². The lowest BCUT2D eigenvalue weighted by Gasteiger charge is -2.35. The summed E-state index contributed by atoms with van der Waals surface area (Å²) in [6.45, 7) is 11.0. The fourth-order valence-corrected chi connectivity index (χ4v) is 14.2. The number of aliphatic hydroxyl groups excluding tert-OH is 2. The van der Waals surface area contributed by atoms with Crippen LogP contribution in [0.5, 0.6) is 23.0 Å². The average molecular weight is 1550 g/mol. The molecule has 4 saturated heterocycles. The highest BCUT2D eigenvalue weighted by atomic mass is 16.8. The van der Waals surface area contributed by atoms with Gasteiger partial charge < -0.3 is 76.5 Å². The fraction of sp³-hybridized carbons (Fsp3) is 0.340. The van der Waals surface area contributed by atoms with Crippen LogP contribution < -0.4 is 18.9 Å². The minimum Gasteiger partial charge on any atom is -0.485 e. The quantitative estimate of drug-likeness (QED) is 0.0350. The summed E-state index contributed by atoms with van der Waals surface area (Å²) in [5.74, 6) is -0.588. The highest BCUT2D eigenvalue weighted by Gasteiger charge is 2.49. The second-order valence-corrected chi connectivity index (χ2v) is 29.8. The molecule has 4 aliphatic heterocycles. The Kier molecular flexibility index (Phi) is 29.3. The number of ether oxygens (including phenoxy) is 14. The Hall–Kier alpha value is -10.1. The third-order valence-corrected chi connectivity index (χ3v) is 20.2. The molecule has 2 unspecified atom stereocenters. The van der Waals surface area contributed by atoms with E-state index in [0.717, 1.165) is 55.6 Å². The monoisotopic (exact) mass is 1550 g/mol. The van der Waals surface area contributed by atoms with Crippen molar-refractivity contribution in [1.29, 1.82) is 0 Å². The molecule has 4 heterocycles. The van der Waals surface area contributed by atoms with Crippen LogP contribution in [-0.4, -0.2) is 144 Å². The third-order valence-electron chi connectivity index (χ3n) is 20.2. The van der Waals surface area contributed by atoms with Gasteiger partial charge in [0.2, 0.25) is 0 Å². The smallest absolute Gasteiger partial charge is 0.324 e. The lowest BCUT2D eigenvalue weighted by atomic mass is 10.0. The molecule has 0 bridgehead atoms. The third kappa shape index (κ3) is 24.0. The van der Waals surface area contributed by atoms with Crippen molar-refractivity contribution >= 4 is 11.9 Å². The Morgan fingerprint density at radius 2 is 0.640 bits per heavy atom. The predicted molar refractivity (Wildman–Crippen MR) is 428 cm³/mol. The normalized spacial score (nSPS) is 19.2. The van der Waals surface area contributed by atoms with Gasteiger partial charge in [-0.3, -0.25) is 19.4 Å². The zero-order chi connectivity index (χ0) is 78.9. The number of hydrogen-bond acceptors (Lipinski definition) is 20. The molecule has 0 saturated carbocycles. The molecule has 14 rings (SSSR count). The van der Waals surface area contributed by atoms with Crippen LogP contribution in [0, 0.1) is 0 Å². The van der Waals surface area contributed by atoms with Crippen molar-refractivity contribution in [2.45, 2.75) is 166 Å². The number of rotatable bonds is 36. The molecule has 10 atom stereocenters. The van der Waals surface area contributed by atoms with Gasteiger partial charge >= 0.3 is 11.9 Å². The van der Waals surface area contributed by atoms with Gasteiger partial charge in [0.25, 0.3) is 0 Å². The summed E-state index contributed by atoms with van der Waals surface area (Å²) in [5.41, 5.74) is 9.89. The van der Waals surface area contributed by atoms with Gasteiger partial charge in [0.1, 0.15) is 88.7 Å². The zero-order valence-electron chi connectivity index (χ0n) is 65.0. The molecule has 10 aromatic rings. The number of hydrogen-bond donors (Lipinski definition) is 2. The number of aliphatic hydroxyl groups is 2. The van der Waals surface area contributed by atoms with Crippen molar-refractivity contribution < 1.29 is 86.1 Å². The Labute approximate surface area is 667 Å². The van der Waals surface area contributed by atoms with Crippen molar-refractivity contribution in [3.8, 4) is 23.0 Å². The zero-order valence-corrected chi connectivity index (χ0v) is 65.0. The Morgan fingerprint density at radius 3 is 0.947 bits per heavy atom. The maximum Gasteiger partial charge on any atom is 0.324 e. The van der Waals surface area contributed by atoms with Crippen molar-refractivity contribution in [1.82, 2.24) is 9.80 Å². The summed E-state index contributed by atoms with van der Waals surface area (Å²) in [6.07, 6.45) is -7.00. The van der Waals surface area contributed by atoms with Crippen LogP contribution >= 0.6 is 0 Å². The summed E-state index contributed by atoms with van der Waals surface area (Å²) < 4.78 is 84.7. The lowest BCUT2D eigenvalue weighted by molar-refractivity contribution is -0.201. The van der Waals surface area contributed by atoms with Crippen molar-refractivity contribution in [3.05, 3.63) is 335 Å². The van der Waals surface area contributed by atoms with E-state index in [9.17, 15) is 15.0 Å². The van der Waals surface area contributed by atoms with Gasteiger partial charge in [-0.2, -0.15) is 0 Å². The van der Waals surface area contributed by atoms with Gasteiger partial charge in [-0.15, -0.1) is 0 Å². The first-order chi connectivity index (χ1) is 55.6. The Balaban J connectivity index is 0.000000199. The molecule has 10 aromatic carbocycles. The van der Waals surface area contributed by atoms with Crippen LogP contribution in [0.4, 0.5) is 0 Å². The summed E-state index contributed by atoms with van der Waals surface area (Å²) in [4.78, 5) is 34.1. The second kappa shape index (κ2) is 40.7. The SMILES string of the molecule is CC1(C)OC[C@H]([C@@H](O)[C@H](OC(=O)C(Cc2ccc(OCc3ccccc3)c(OCc3ccccc3)c2)N(Cc2ccccc2)Cc2ccccc2)[C@H]2COC(C)(C)O2)O1.O=C(O[C@@H]([C@H](O)[C@H]1COCO1)[C@H]1COCO1)C(Cc1ccc(OCc2ccccc2)c(OCc2ccccc2)c1)N(Cc1ccccc1)Cc1ccccc1. The van der Waals surface area contributed by atoms with E-state index < -0.39 is 84.4 Å². The average Bonchev–Trinajstić information content (AvgIpc) is 1.72. The predicted octanol–water partition coefficient (Wildman–Crippen LogP) is 14.5. The minimum atomic E-state index is -1.26. The van der Waals surface area contributed by atoms with Gasteiger partial charge in [0.05, 0.1) is 26.4 Å². The van der Waals surface area contributed by atoms with Crippen molar-refractivity contribution in [3.63, 3.8) is 0 Å². The number of esters is 2. The first-order valence-corrected chi connectivity index (χ1v) is 38.9. The maximum atomic E-state index is 15.1. The van der Waals surface area contributed by atoms with E-state index >= 15 is 4.79 Å². The van der Waals surface area contributed by atoms with Gasteiger partial charge in [-0.25, -0.2) is 0 Å². The first kappa shape index (κ1) is 81.9.